The normalized spacial score (nSPS) is 20.8. The van der Waals surface area contributed by atoms with Crippen LogP contribution in [0.4, 0.5) is 13.2 Å². The molecule has 1 saturated heterocycles. The molecule has 1 aliphatic rings. The quantitative estimate of drug-likeness (QED) is 0.738. The lowest BCUT2D eigenvalue weighted by Gasteiger charge is -2.15. The second-order valence-electron chi connectivity index (χ2n) is 4.14. The Labute approximate surface area is 102 Å². The molecule has 1 N–H and O–H groups in total. The van der Waals surface area contributed by atoms with Crippen LogP contribution in [0.1, 0.15) is 6.42 Å². The summed E-state index contributed by atoms with van der Waals surface area (Å²) in [4.78, 5) is 24.1. The summed E-state index contributed by atoms with van der Waals surface area (Å²) < 4.78 is 40.1. The van der Waals surface area contributed by atoms with Crippen LogP contribution in [0.2, 0.25) is 0 Å². The van der Waals surface area contributed by atoms with Crippen LogP contribution >= 0.6 is 0 Å². The molecule has 1 fully saturated rings. The predicted molar refractivity (Wildman–Crippen MR) is 55.6 cm³/mol. The number of nitrogens with zero attached hydrogens (tertiary/aromatic N) is 1. The second kappa shape index (κ2) is 6.03. The van der Waals surface area contributed by atoms with Crippen molar-refractivity contribution in [1.82, 2.24) is 10.2 Å². The highest BCUT2D eigenvalue weighted by molar-refractivity contribution is 5.78. The molecular formula is C10H15F3N2O3. The molecule has 18 heavy (non-hydrogen) atoms. The van der Waals surface area contributed by atoms with Gasteiger partial charge in [-0.05, 0) is 13.0 Å². The van der Waals surface area contributed by atoms with Crippen molar-refractivity contribution in [2.24, 2.45) is 5.92 Å². The van der Waals surface area contributed by atoms with Crippen molar-refractivity contribution in [3.8, 4) is 0 Å². The zero-order valence-electron chi connectivity index (χ0n) is 9.92. The Bertz CT molecular complexity index is 320. The number of hydrogen-bond donors (Lipinski definition) is 1. The summed E-state index contributed by atoms with van der Waals surface area (Å²) in [6, 6.07) is 0. The fourth-order valence-electron chi connectivity index (χ4n) is 1.79. The highest BCUT2D eigenvalue weighted by atomic mass is 19.4. The molecule has 0 saturated carbocycles. The van der Waals surface area contributed by atoms with Gasteiger partial charge in [-0.1, -0.05) is 0 Å². The summed E-state index contributed by atoms with van der Waals surface area (Å²) in [6.07, 6.45) is -3.85. The van der Waals surface area contributed by atoms with E-state index in [0.29, 0.717) is 19.5 Å². The first-order valence-electron chi connectivity index (χ1n) is 5.45. The minimum Gasteiger partial charge on any atom is -0.469 e. The summed E-state index contributed by atoms with van der Waals surface area (Å²) in [5, 5.41) is 1.79. The van der Waals surface area contributed by atoms with E-state index in [4.69, 9.17) is 0 Å². The fourth-order valence-corrected chi connectivity index (χ4v) is 1.79. The van der Waals surface area contributed by atoms with Gasteiger partial charge < -0.3 is 10.1 Å². The van der Waals surface area contributed by atoms with Gasteiger partial charge in [0.05, 0.1) is 19.6 Å². The summed E-state index contributed by atoms with van der Waals surface area (Å²) in [5.74, 6) is -1.35. The van der Waals surface area contributed by atoms with Gasteiger partial charge in [0.25, 0.3) is 0 Å². The van der Waals surface area contributed by atoms with Crippen molar-refractivity contribution in [3.63, 3.8) is 0 Å². The minimum atomic E-state index is -4.41. The number of carbonyl (C=O) groups excluding carboxylic acids is 2. The maximum atomic E-state index is 11.9. The number of esters is 1. The summed E-state index contributed by atoms with van der Waals surface area (Å²) in [7, 11) is 1.28. The molecule has 8 heteroatoms. The molecule has 1 rings (SSSR count). The molecule has 0 aromatic rings. The number of alkyl halides is 3. The number of nitrogens with one attached hydrogen (secondary N) is 1. The Hall–Kier alpha value is -1.31. The summed E-state index contributed by atoms with van der Waals surface area (Å²) in [6.45, 7) is -0.630. The van der Waals surface area contributed by atoms with Gasteiger partial charge in [-0.15, -0.1) is 0 Å². The number of likely N-dealkylation sites (tertiary alicyclic amines) is 1. The van der Waals surface area contributed by atoms with E-state index in [0.717, 1.165) is 0 Å². The van der Waals surface area contributed by atoms with Crippen LogP contribution in [0.15, 0.2) is 0 Å². The Morgan fingerprint density at radius 1 is 1.44 bits per heavy atom. The molecule has 0 aromatic heterocycles. The van der Waals surface area contributed by atoms with Gasteiger partial charge in [-0.3, -0.25) is 14.5 Å². The van der Waals surface area contributed by atoms with E-state index < -0.39 is 18.6 Å². The molecular weight excluding hydrogens is 253 g/mol. The van der Waals surface area contributed by atoms with Crippen molar-refractivity contribution in [2.45, 2.75) is 12.6 Å². The van der Waals surface area contributed by atoms with E-state index in [9.17, 15) is 22.8 Å². The fraction of sp³-hybridized carbons (Fsp3) is 0.800. The standard InChI is InChI=1S/C10H15F3N2O3/c1-18-9(17)7-2-3-15(4-7)5-8(16)14-6-10(11,12)13/h7H,2-6H2,1H3,(H,14,16). The van der Waals surface area contributed by atoms with Crippen LogP contribution in [0, 0.1) is 5.92 Å². The Balaban J connectivity index is 2.28. The third kappa shape index (κ3) is 4.91. The largest absolute Gasteiger partial charge is 0.469 e. The number of methoxy groups -OCH3 is 1. The molecule has 1 heterocycles. The van der Waals surface area contributed by atoms with Crippen LogP contribution in [-0.2, 0) is 14.3 Å². The van der Waals surface area contributed by atoms with Gasteiger partial charge in [-0.25, -0.2) is 0 Å². The molecule has 0 aromatic carbocycles. The van der Waals surface area contributed by atoms with Crippen molar-refractivity contribution >= 4 is 11.9 Å². The van der Waals surface area contributed by atoms with Crippen LogP contribution in [0.25, 0.3) is 0 Å². The molecule has 5 nitrogen and oxygen atoms in total. The van der Waals surface area contributed by atoms with Gasteiger partial charge in [0.15, 0.2) is 0 Å². The van der Waals surface area contributed by atoms with E-state index in [1.807, 2.05) is 0 Å². The Kier molecular flexibility index (Phi) is 4.94. The van der Waals surface area contributed by atoms with Gasteiger partial charge in [-0.2, -0.15) is 13.2 Å². The SMILES string of the molecule is COC(=O)C1CCN(CC(=O)NCC(F)(F)F)C1. The second-order valence-corrected chi connectivity index (χ2v) is 4.14. The monoisotopic (exact) mass is 268 g/mol. The van der Waals surface area contributed by atoms with Gasteiger partial charge in [0, 0.05) is 6.54 Å². The number of hydrogen-bond acceptors (Lipinski definition) is 4. The minimum absolute atomic E-state index is 0.135. The average Bonchev–Trinajstić information content (AvgIpc) is 2.73. The smallest absolute Gasteiger partial charge is 0.405 e. The molecule has 1 amide bonds. The number of rotatable bonds is 4. The van der Waals surface area contributed by atoms with Gasteiger partial charge in [0.1, 0.15) is 6.54 Å². The van der Waals surface area contributed by atoms with E-state index in [-0.39, 0.29) is 18.4 Å². The van der Waals surface area contributed by atoms with E-state index >= 15 is 0 Å². The molecule has 0 spiro atoms. The molecule has 0 bridgehead atoms. The first-order chi connectivity index (χ1) is 8.31. The Morgan fingerprint density at radius 2 is 2.11 bits per heavy atom. The first-order valence-corrected chi connectivity index (χ1v) is 5.45. The third-order valence-electron chi connectivity index (χ3n) is 2.66. The number of amides is 1. The highest BCUT2D eigenvalue weighted by Crippen LogP contribution is 2.17. The number of carbonyl (C=O) groups is 2. The van der Waals surface area contributed by atoms with Crippen LogP contribution in [0.3, 0.4) is 0 Å². The topological polar surface area (TPSA) is 58.6 Å². The third-order valence-corrected chi connectivity index (χ3v) is 2.66. The lowest BCUT2D eigenvalue weighted by atomic mass is 10.1. The van der Waals surface area contributed by atoms with Gasteiger partial charge in [0.2, 0.25) is 5.91 Å². The van der Waals surface area contributed by atoms with Crippen molar-refractivity contribution in [3.05, 3.63) is 0 Å². The van der Waals surface area contributed by atoms with E-state index in [2.05, 4.69) is 4.74 Å². The Morgan fingerprint density at radius 3 is 2.67 bits per heavy atom. The van der Waals surface area contributed by atoms with E-state index in [1.54, 1.807) is 10.2 Å². The van der Waals surface area contributed by atoms with E-state index in [1.165, 1.54) is 7.11 Å². The van der Waals surface area contributed by atoms with Crippen molar-refractivity contribution < 1.29 is 27.5 Å². The maximum Gasteiger partial charge on any atom is 0.405 e. The lowest BCUT2D eigenvalue weighted by Crippen LogP contribution is -2.40. The summed E-state index contributed by atoms with van der Waals surface area (Å²) >= 11 is 0. The van der Waals surface area contributed by atoms with Crippen molar-refractivity contribution in [1.29, 1.82) is 0 Å². The molecule has 0 aliphatic carbocycles. The maximum absolute atomic E-state index is 11.9. The molecule has 1 aliphatic heterocycles. The van der Waals surface area contributed by atoms with Gasteiger partial charge >= 0.3 is 12.1 Å². The van der Waals surface area contributed by atoms with Crippen molar-refractivity contribution in [2.75, 3.05) is 33.3 Å². The molecule has 104 valence electrons. The van der Waals surface area contributed by atoms with Crippen LogP contribution in [0.5, 0.6) is 0 Å². The summed E-state index contributed by atoms with van der Waals surface area (Å²) in [5.41, 5.74) is 0. The lowest BCUT2D eigenvalue weighted by molar-refractivity contribution is -0.145. The number of halogens is 3. The molecule has 0 radical (unpaired) electrons. The zero-order chi connectivity index (χ0) is 13.8. The highest BCUT2D eigenvalue weighted by Gasteiger charge is 2.31. The van der Waals surface area contributed by atoms with Crippen LogP contribution < -0.4 is 5.32 Å². The number of ether oxygens (including phenoxy) is 1. The first kappa shape index (κ1) is 14.7. The average molecular weight is 268 g/mol. The molecule has 1 atom stereocenters. The predicted octanol–water partition coefficient (Wildman–Crippen LogP) is 0.160. The zero-order valence-corrected chi connectivity index (χ0v) is 9.92. The van der Waals surface area contributed by atoms with Crippen LogP contribution in [-0.4, -0.2) is 56.2 Å². The molecule has 1 unspecified atom stereocenters.